The summed E-state index contributed by atoms with van der Waals surface area (Å²) in [6.45, 7) is 14.4. The molecule has 1 aromatic rings. The zero-order valence-corrected chi connectivity index (χ0v) is 14.2. The second-order valence-electron chi connectivity index (χ2n) is 6.88. The van der Waals surface area contributed by atoms with Gasteiger partial charge in [0.25, 0.3) is 0 Å². The lowest BCUT2D eigenvalue weighted by molar-refractivity contribution is 0.301. The Morgan fingerprint density at radius 2 is 1.33 bits per heavy atom. The van der Waals surface area contributed by atoms with Crippen molar-refractivity contribution in [2.75, 3.05) is 6.61 Å². The van der Waals surface area contributed by atoms with Gasteiger partial charge in [0.1, 0.15) is 5.75 Å². The fourth-order valence-corrected chi connectivity index (χ4v) is 2.24. The minimum absolute atomic E-state index is 0. The first kappa shape index (κ1) is 20.0. The maximum atomic E-state index is 5.97. The first-order valence-corrected chi connectivity index (χ1v) is 8.17. The Kier molecular flexibility index (Phi) is 9.41. The van der Waals surface area contributed by atoms with Crippen molar-refractivity contribution < 1.29 is 4.74 Å². The molecule has 0 aliphatic carbocycles. The Morgan fingerprint density at radius 1 is 0.810 bits per heavy atom. The lowest BCUT2D eigenvalue weighted by Gasteiger charge is -2.15. The smallest absolute Gasteiger partial charge is 0.119 e. The minimum atomic E-state index is 0. The topological polar surface area (TPSA) is 9.23 Å². The van der Waals surface area contributed by atoms with Crippen LogP contribution in [-0.2, 0) is 0 Å². The van der Waals surface area contributed by atoms with Crippen molar-refractivity contribution in [3.05, 3.63) is 29.3 Å². The third kappa shape index (κ3) is 7.55. The predicted octanol–water partition coefficient (Wildman–Crippen LogP) is 6.77. The van der Waals surface area contributed by atoms with Crippen LogP contribution in [0.25, 0.3) is 0 Å². The molecule has 0 saturated carbocycles. The largest absolute Gasteiger partial charge is 0.494 e. The molecule has 0 saturated heterocycles. The molecule has 1 rings (SSSR count). The summed E-state index contributed by atoms with van der Waals surface area (Å²) < 4.78 is 5.97. The maximum absolute atomic E-state index is 5.97. The molecule has 0 fully saturated rings. The molecule has 122 valence electrons. The molecule has 0 atom stereocenters. The number of ether oxygens (including phenoxy) is 1. The van der Waals surface area contributed by atoms with E-state index in [0.29, 0.717) is 11.8 Å². The summed E-state index contributed by atoms with van der Waals surface area (Å²) in [5.74, 6) is 2.95. The van der Waals surface area contributed by atoms with Crippen LogP contribution in [0.1, 0.15) is 91.2 Å². The number of hydrogen-bond donors (Lipinski definition) is 0. The molecule has 1 aromatic carbocycles. The number of hydrogen-bond acceptors (Lipinski definition) is 1. The molecule has 0 aromatic heterocycles. The zero-order valence-electron chi connectivity index (χ0n) is 14.2. The van der Waals surface area contributed by atoms with Crippen LogP contribution in [0.15, 0.2) is 18.2 Å². The van der Waals surface area contributed by atoms with E-state index in [1.54, 1.807) is 0 Å². The molecule has 0 unspecified atom stereocenters. The second-order valence-corrected chi connectivity index (χ2v) is 6.88. The van der Waals surface area contributed by atoms with Crippen LogP contribution in [0.3, 0.4) is 0 Å². The number of benzene rings is 1. The van der Waals surface area contributed by atoms with Crippen molar-refractivity contribution in [2.45, 2.75) is 80.1 Å². The fraction of sp³-hybridized carbons (Fsp3) is 0.700. The van der Waals surface area contributed by atoms with E-state index in [4.69, 9.17) is 4.74 Å². The molecule has 0 bridgehead atoms. The normalized spacial score (nSPS) is 11.1. The van der Waals surface area contributed by atoms with Gasteiger partial charge in [-0.1, -0.05) is 61.5 Å². The van der Waals surface area contributed by atoms with Gasteiger partial charge in [-0.3, -0.25) is 0 Å². The number of rotatable bonds is 8. The summed E-state index contributed by atoms with van der Waals surface area (Å²) in [5.41, 5.74) is 2.77. The van der Waals surface area contributed by atoms with E-state index in [1.165, 1.54) is 24.0 Å². The van der Waals surface area contributed by atoms with Crippen molar-refractivity contribution in [1.29, 1.82) is 0 Å². The highest BCUT2D eigenvalue weighted by atomic mass is 16.5. The van der Waals surface area contributed by atoms with Gasteiger partial charge in [-0.05, 0) is 53.9 Å². The summed E-state index contributed by atoms with van der Waals surface area (Å²) >= 11 is 0. The van der Waals surface area contributed by atoms with Gasteiger partial charge in [0.05, 0.1) is 6.61 Å². The van der Waals surface area contributed by atoms with Crippen molar-refractivity contribution in [3.8, 4) is 5.75 Å². The molecule has 0 N–H and O–H groups in total. The van der Waals surface area contributed by atoms with E-state index in [2.05, 4.69) is 59.7 Å². The zero-order chi connectivity index (χ0) is 15.1. The molecule has 0 radical (unpaired) electrons. The molecule has 0 aliphatic rings. The third-order valence-electron chi connectivity index (χ3n) is 3.73. The van der Waals surface area contributed by atoms with Crippen LogP contribution < -0.4 is 4.74 Å². The van der Waals surface area contributed by atoms with E-state index < -0.39 is 0 Å². The first-order chi connectivity index (χ1) is 9.40. The quantitative estimate of drug-likeness (QED) is 0.480. The number of unbranched alkanes of at least 4 members (excludes halogenated alkanes) is 1. The van der Waals surface area contributed by atoms with Gasteiger partial charge in [0.15, 0.2) is 0 Å². The van der Waals surface area contributed by atoms with Crippen molar-refractivity contribution in [2.24, 2.45) is 5.92 Å². The van der Waals surface area contributed by atoms with Crippen molar-refractivity contribution in [1.82, 2.24) is 0 Å². The Labute approximate surface area is 133 Å². The first-order valence-electron chi connectivity index (χ1n) is 8.17. The SMILES string of the molecule is C.CC(C)CCCCOc1cc(C(C)C)cc(C(C)C)c1. The van der Waals surface area contributed by atoms with Gasteiger partial charge in [0.2, 0.25) is 0 Å². The van der Waals surface area contributed by atoms with E-state index in [1.807, 2.05) is 0 Å². The van der Waals surface area contributed by atoms with Gasteiger partial charge >= 0.3 is 0 Å². The molecule has 0 heterocycles. The minimum Gasteiger partial charge on any atom is -0.494 e. The van der Waals surface area contributed by atoms with Crippen LogP contribution in [0.2, 0.25) is 0 Å². The van der Waals surface area contributed by atoms with Gasteiger partial charge in [-0.25, -0.2) is 0 Å². The average Bonchev–Trinajstić information content (AvgIpc) is 2.37. The van der Waals surface area contributed by atoms with E-state index in [9.17, 15) is 0 Å². The van der Waals surface area contributed by atoms with E-state index in [0.717, 1.165) is 24.7 Å². The third-order valence-corrected chi connectivity index (χ3v) is 3.73. The van der Waals surface area contributed by atoms with Crippen molar-refractivity contribution >= 4 is 0 Å². The highest BCUT2D eigenvalue weighted by molar-refractivity contribution is 5.37. The maximum Gasteiger partial charge on any atom is 0.119 e. The second kappa shape index (κ2) is 9.87. The van der Waals surface area contributed by atoms with Gasteiger partial charge < -0.3 is 4.74 Å². The Bertz CT molecular complexity index is 365. The molecule has 0 spiro atoms. The van der Waals surface area contributed by atoms with Gasteiger partial charge in [-0.15, -0.1) is 0 Å². The van der Waals surface area contributed by atoms with Crippen LogP contribution in [0, 0.1) is 5.92 Å². The average molecular weight is 293 g/mol. The molecular formula is C20H36O. The molecule has 0 amide bonds. The van der Waals surface area contributed by atoms with E-state index >= 15 is 0 Å². The van der Waals surface area contributed by atoms with Crippen LogP contribution >= 0.6 is 0 Å². The summed E-state index contributed by atoms with van der Waals surface area (Å²) in [6.07, 6.45) is 3.71. The summed E-state index contributed by atoms with van der Waals surface area (Å²) in [6, 6.07) is 6.74. The monoisotopic (exact) mass is 292 g/mol. The van der Waals surface area contributed by atoms with Gasteiger partial charge in [0, 0.05) is 0 Å². The van der Waals surface area contributed by atoms with E-state index in [-0.39, 0.29) is 7.43 Å². The lowest BCUT2D eigenvalue weighted by Crippen LogP contribution is -2.01. The Morgan fingerprint density at radius 3 is 1.76 bits per heavy atom. The molecule has 0 aliphatic heterocycles. The fourth-order valence-electron chi connectivity index (χ4n) is 2.24. The summed E-state index contributed by atoms with van der Waals surface area (Å²) in [5, 5.41) is 0. The highest BCUT2D eigenvalue weighted by Crippen LogP contribution is 2.27. The summed E-state index contributed by atoms with van der Waals surface area (Å²) in [4.78, 5) is 0. The predicted molar refractivity (Wildman–Crippen MR) is 95.5 cm³/mol. The van der Waals surface area contributed by atoms with Crippen LogP contribution in [-0.4, -0.2) is 6.61 Å². The van der Waals surface area contributed by atoms with Gasteiger partial charge in [-0.2, -0.15) is 0 Å². The standard InChI is InChI=1S/C19H32O.CH4/c1-14(2)9-7-8-10-20-19-12-17(15(3)4)11-18(13-19)16(5)6;/h11-16H,7-10H2,1-6H3;1H4. The van der Waals surface area contributed by atoms with Crippen molar-refractivity contribution in [3.63, 3.8) is 0 Å². The highest BCUT2D eigenvalue weighted by Gasteiger charge is 2.08. The molecular weight excluding hydrogens is 256 g/mol. The van der Waals surface area contributed by atoms with Crippen LogP contribution in [0.5, 0.6) is 5.75 Å². The lowest BCUT2D eigenvalue weighted by atomic mass is 9.95. The Hall–Kier alpha value is -0.980. The molecule has 1 nitrogen and oxygen atoms in total. The Balaban J connectivity index is 0.00000400. The summed E-state index contributed by atoms with van der Waals surface area (Å²) in [7, 11) is 0. The molecule has 21 heavy (non-hydrogen) atoms. The van der Waals surface area contributed by atoms with Crippen LogP contribution in [0.4, 0.5) is 0 Å². The molecule has 1 heteroatoms.